The van der Waals surface area contributed by atoms with Crippen LogP contribution in [-0.2, 0) is 6.42 Å². The van der Waals surface area contributed by atoms with E-state index in [4.69, 9.17) is 9.47 Å². The van der Waals surface area contributed by atoms with Gasteiger partial charge >= 0.3 is 0 Å². The summed E-state index contributed by atoms with van der Waals surface area (Å²) in [6.45, 7) is 1.96. The van der Waals surface area contributed by atoms with Crippen molar-refractivity contribution in [1.29, 1.82) is 0 Å². The van der Waals surface area contributed by atoms with Gasteiger partial charge in [0.05, 0.1) is 24.6 Å². The van der Waals surface area contributed by atoms with Crippen LogP contribution >= 0.6 is 15.9 Å². The normalized spacial score (nSPS) is 18.8. The molecule has 0 amide bonds. The van der Waals surface area contributed by atoms with Crippen molar-refractivity contribution in [2.75, 3.05) is 14.2 Å². The second kappa shape index (κ2) is 4.69. The highest BCUT2D eigenvalue weighted by molar-refractivity contribution is 9.10. The Morgan fingerprint density at radius 1 is 1.35 bits per heavy atom. The van der Waals surface area contributed by atoms with Gasteiger partial charge in [-0.3, -0.25) is 4.79 Å². The van der Waals surface area contributed by atoms with Crippen molar-refractivity contribution in [1.82, 2.24) is 0 Å². The Morgan fingerprint density at radius 3 is 2.65 bits per heavy atom. The maximum atomic E-state index is 12.2. The number of fused-ring (bicyclic) bond motifs is 1. The van der Waals surface area contributed by atoms with Crippen LogP contribution in [0.3, 0.4) is 0 Å². The average molecular weight is 299 g/mol. The molecule has 0 unspecified atom stereocenters. The molecule has 1 atom stereocenters. The monoisotopic (exact) mass is 298 g/mol. The summed E-state index contributed by atoms with van der Waals surface area (Å²) in [7, 11) is 3.23. The smallest absolute Gasteiger partial charge is 0.180 e. The third kappa shape index (κ3) is 1.95. The number of aryl methyl sites for hydroxylation is 1. The van der Waals surface area contributed by atoms with E-state index in [-0.39, 0.29) is 10.6 Å². The summed E-state index contributed by atoms with van der Waals surface area (Å²) in [5.74, 6) is 1.54. The molecule has 0 aliphatic heterocycles. The first-order chi connectivity index (χ1) is 8.10. The van der Waals surface area contributed by atoms with Crippen molar-refractivity contribution in [2.45, 2.75) is 24.6 Å². The maximum absolute atomic E-state index is 12.2. The van der Waals surface area contributed by atoms with E-state index in [2.05, 4.69) is 15.9 Å². The molecule has 0 N–H and O–H groups in total. The number of halogens is 1. The minimum Gasteiger partial charge on any atom is -0.496 e. The predicted octanol–water partition coefficient (Wildman–Crippen LogP) is 2.90. The van der Waals surface area contributed by atoms with Crippen molar-refractivity contribution < 1.29 is 14.3 Å². The summed E-state index contributed by atoms with van der Waals surface area (Å²) >= 11 is 3.41. The number of carbonyl (C=O) groups is 1. The quantitative estimate of drug-likeness (QED) is 0.788. The van der Waals surface area contributed by atoms with Gasteiger partial charge < -0.3 is 9.47 Å². The molecule has 0 saturated heterocycles. The van der Waals surface area contributed by atoms with E-state index in [0.717, 1.165) is 29.7 Å². The molecule has 0 heterocycles. The zero-order chi connectivity index (χ0) is 12.6. The topological polar surface area (TPSA) is 35.5 Å². The molecule has 1 aromatic rings. The number of carbonyl (C=O) groups excluding carboxylic acids is 1. The van der Waals surface area contributed by atoms with Gasteiger partial charge in [-0.2, -0.15) is 0 Å². The Labute approximate surface area is 109 Å². The van der Waals surface area contributed by atoms with Gasteiger partial charge in [0.1, 0.15) is 11.5 Å². The van der Waals surface area contributed by atoms with Crippen LogP contribution in [0.15, 0.2) is 6.07 Å². The van der Waals surface area contributed by atoms with Crippen molar-refractivity contribution >= 4 is 21.7 Å². The molecule has 1 aliphatic rings. The minimum atomic E-state index is -0.115. The molecule has 92 valence electrons. The van der Waals surface area contributed by atoms with Crippen LogP contribution < -0.4 is 9.47 Å². The lowest BCUT2D eigenvalue weighted by atomic mass is 9.87. The van der Waals surface area contributed by atoms with E-state index in [0.29, 0.717) is 11.3 Å². The number of ketones is 1. The Bertz CT molecular complexity index is 468. The Balaban J connectivity index is 2.69. The molecule has 0 bridgehead atoms. The van der Waals surface area contributed by atoms with Crippen LogP contribution in [0.4, 0.5) is 0 Å². The molecule has 0 radical (unpaired) electrons. The highest BCUT2D eigenvalue weighted by Gasteiger charge is 2.31. The van der Waals surface area contributed by atoms with Crippen LogP contribution in [0.2, 0.25) is 0 Å². The third-order valence-electron chi connectivity index (χ3n) is 3.13. The first-order valence-corrected chi connectivity index (χ1v) is 6.44. The number of hydrogen-bond acceptors (Lipinski definition) is 3. The molecule has 4 heteroatoms. The molecule has 0 fully saturated rings. The van der Waals surface area contributed by atoms with Gasteiger partial charge in [0.15, 0.2) is 5.78 Å². The van der Waals surface area contributed by atoms with Crippen LogP contribution in [0.5, 0.6) is 11.5 Å². The number of alkyl halides is 1. The van der Waals surface area contributed by atoms with E-state index in [1.165, 1.54) is 0 Å². The lowest BCUT2D eigenvalue weighted by Gasteiger charge is -2.24. The van der Waals surface area contributed by atoms with Gasteiger partial charge in [-0.05, 0) is 31.4 Å². The summed E-state index contributed by atoms with van der Waals surface area (Å²) in [5, 5.41) is 0. The van der Waals surface area contributed by atoms with Gasteiger partial charge in [-0.15, -0.1) is 0 Å². The van der Waals surface area contributed by atoms with Crippen molar-refractivity contribution in [3.8, 4) is 11.5 Å². The van der Waals surface area contributed by atoms with Gasteiger partial charge in [0, 0.05) is 5.56 Å². The maximum Gasteiger partial charge on any atom is 0.180 e. The molecule has 0 aromatic heterocycles. The first-order valence-electron chi connectivity index (χ1n) is 5.52. The van der Waals surface area contributed by atoms with Crippen molar-refractivity contribution in [3.63, 3.8) is 0 Å². The zero-order valence-electron chi connectivity index (χ0n) is 10.2. The van der Waals surface area contributed by atoms with Crippen LogP contribution in [0, 0.1) is 6.92 Å². The summed E-state index contributed by atoms with van der Waals surface area (Å²) in [4.78, 5) is 12.1. The Morgan fingerprint density at radius 2 is 2.06 bits per heavy atom. The Hall–Kier alpha value is -1.03. The van der Waals surface area contributed by atoms with E-state index in [1.54, 1.807) is 14.2 Å². The largest absolute Gasteiger partial charge is 0.496 e. The molecule has 1 aliphatic carbocycles. The SMILES string of the molecule is COc1cc(C)c(OC)c2c1C(=O)[C@@H](Br)CC2. The van der Waals surface area contributed by atoms with Crippen LogP contribution in [0.25, 0.3) is 0 Å². The summed E-state index contributed by atoms with van der Waals surface area (Å²) in [6.07, 6.45) is 1.63. The first kappa shape index (κ1) is 12.4. The van der Waals surface area contributed by atoms with Gasteiger partial charge in [-0.1, -0.05) is 15.9 Å². The Kier molecular flexibility index (Phi) is 3.43. The molecule has 2 rings (SSSR count). The van der Waals surface area contributed by atoms with Crippen LogP contribution in [-0.4, -0.2) is 24.8 Å². The zero-order valence-corrected chi connectivity index (χ0v) is 11.8. The standard InChI is InChI=1S/C13H15BrO3/c1-7-6-10(16-2)11-8(13(7)17-3)4-5-9(14)12(11)15/h6,9H,4-5H2,1-3H3/t9-/m0/s1. The minimum absolute atomic E-state index is 0.0846. The number of methoxy groups -OCH3 is 2. The molecule has 3 nitrogen and oxygen atoms in total. The number of benzene rings is 1. The number of hydrogen-bond donors (Lipinski definition) is 0. The molecule has 0 saturated carbocycles. The fourth-order valence-electron chi connectivity index (χ4n) is 2.35. The highest BCUT2D eigenvalue weighted by Crippen LogP contribution is 2.39. The van der Waals surface area contributed by atoms with E-state index >= 15 is 0 Å². The lowest BCUT2D eigenvalue weighted by Crippen LogP contribution is -2.24. The van der Waals surface area contributed by atoms with E-state index in [9.17, 15) is 4.79 Å². The number of Topliss-reactive ketones (excluding diaryl/α,β-unsaturated/α-hetero) is 1. The molecule has 0 spiro atoms. The van der Waals surface area contributed by atoms with E-state index in [1.807, 2.05) is 13.0 Å². The summed E-state index contributed by atoms with van der Waals surface area (Å²) in [5.41, 5.74) is 2.65. The lowest BCUT2D eigenvalue weighted by molar-refractivity contribution is 0.0977. The predicted molar refractivity (Wildman–Crippen MR) is 69.6 cm³/mol. The highest BCUT2D eigenvalue weighted by atomic mass is 79.9. The fourth-order valence-corrected chi connectivity index (χ4v) is 2.81. The van der Waals surface area contributed by atoms with Gasteiger partial charge in [0.2, 0.25) is 0 Å². The summed E-state index contributed by atoms with van der Waals surface area (Å²) < 4.78 is 10.7. The molecular formula is C13H15BrO3. The van der Waals surface area contributed by atoms with Gasteiger partial charge in [-0.25, -0.2) is 0 Å². The molecule has 1 aromatic carbocycles. The number of rotatable bonds is 2. The second-order valence-electron chi connectivity index (χ2n) is 4.15. The third-order valence-corrected chi connectivity index (χ3v) is 4.00. The summed E-state index contributed by atoms with van der Waals surface area (Å²) in [6, 6.07) is 1.86. The second-order valence-corrected chi connectivity index (χ2v) is 5.26. The van der Waals surface area contributed by atoms with E-state index < -0.39 is 0 Å². The molecule has 17 heavy (non-hydrogen) atoms. The van der Waals surface area contributed by atoms with Crippen molar-refractivity contribution in [2.24, 2.45) is 0 Å². The van der Waals surface area contributed by atoms with Gasteiger partial charge in [0.25, 0.3) is 0 Å². The van der Waals surface area contributed by atoms with Crippen LogP contribution in [0.1, 0.15) is 27.9 Å². The molecular weight excluding hydrogens is 284 g/mol. The number of ether oxygens (including phenoxy) is 2. The average Bonchev–Trinajstić information content (AvgIpc) is 2.32. The van der Waals surface area contributed by atoms with Crippen molar-refractivity contribution in [3.05, 3.63) is 22.8 Å². The fraction of sp³-hybridized carbons (Fsp3) is 0.462.